The molecule has 0 aliphatic carbocycles. The average molecular weight is 116 g/mol. The first-order valence-corrected chi connectivity index (χ1v) is 2.40. The molecule has 0 aliphatic rings. The van der Waals surface area contributed by atoms with Crippen LogP contribution in [0.25, 0.3) is 0 Å². The maximum absolute atomic E-state index is 5.18. The molecule has 4 nitrogen and oxygen atoms in total. The first-order valence-electron chi connectivity index (χ1n) is 2.40. The molecular weight excluding hydrogens is 104 g/mol. The minimum Gasteiger partial charge on any atom is -0.388 e. The molecule has 0 amide bonds. The minimum absolute atomic E-state index is 0.381. The van der Waals surface area contributed by atoms with E-state index in [1.807, 2.05) is 0 Å². The first kappa shape index (κ1) is 7.39. The molecule has 0 aromatic heterocycles. The lowest BCUT2D eigenvalue weighted by molar-refractivity contribution is 0.718. The summed E-state index contributed by atoms with van der Waals surface area (Å²) >= 11 is 0. The predicted molar refractivity (Wildman–Crippen MR) is 34.3 cm³/mol. The van der Waals surface area contributed by atoms with Crippen LogP contribution in [0.5, 0.6) is 0 Å². The van der Waals surface area contributed by atoms with E-state index in [0.29, 0.717) is 12.4 Å². The summed E-state index contributed by atoms with van der Waals surface area (Å²) in [5.74, 6) is 0.519. The van der Waals surface area contributed by atoms with Gasteiger partial charge in [-0.1, -0.05) is 0 Å². The van der Waals surface area contributed by atoms with E-state index in [0.717, 1.165) is 0 Å². The second kappa shape index (κ2) is 3.40. The number of aliphatic imine (C=N–C) groups is 1. The SMILES string of the molecule is C/C(N)=N/CC(N)N. The Bertz CT molecular complexity index is 82.0. The van der Waals surface area contributed by atoms with Crippen LogP contribution in [0.2, 0.25) is 0 Å². The van der Waals surface area contributed by atoms with E-state index < -0.39 is 0 Å². The number of hydrogen-bond donors (Lipinski definition) is 3. The van der Waals surface area contributed by atoms with Crippen LogP contribution in [0.3, 0.4) is 0 Å². The Morgan fingerprint density at radius 1 is 1.62 bits per heavy atom. The molecule has 0 saturated heterocycles. The molecule has 6 N–H and O–H groups in total. The Balaban J connectivity index is 3.29. The van der Waals surface area contributed by atoms with Gasteiger partial charge in [0, 0.05) is 0 Å². The van der Waals surface area contributed by atoms with E-state index in [1.54, 1.807) is 6.92 Å². The van der Waals surface area contributed by atoms with Crippen molar-refractivity contribution in [2.45, 2.75) is 13.1 Å². The molecule has 0 spiro atoms. The van der Waals surface area contributed by atoms with Gasteiger partial charge in [-0.05, 0) is 6.92 Å². The van der Waals surface area contributed by atoms with Gasteiger partial charge in [-0.3, -0.25) is 4.99 Å². The molecule has 4 heteroatoms. The average Bonchev–Trinajstić information content (AvgIpc) is 1.61. The van der Waals surface area contributed by atoms with Crippen molar-refractivity contribution in [3.63, 3.8) is 0 Å². The smallest absolute Gasteiger partial charge is 0.0906 e. The zero-order valence-electron chi connectivity index (χ0n) is 4.96. The first-order chi connectivity index (χ1) is 3.63. The molecule has 0 heterocycles. The topological polar surface area (TPSA) is 90.4 Å². The van der Waals surface area contributed by atoms with Crippen molar-refractivity contribution in [1.82, 2.24) is 0 Å². The maximum atomic E-state index is 5.18. The predicted octanol–water partition coefficient (Wildman–Crippen LogP) is -1.39. The molecule has 0 bridgehead atoms. The van der Waals surface area contributed by atoms with E-state index in [2.05, 4.69) is 4.99 Å². The fraction of sp³-hybridized carbons (Fsp3) is 0.750. The van der Waals surface area contributed by atoms with Gasteiger partial charge in [0.25, 0.3) is 0 Å². The normalized spacial score (nSPS) is 12.8. The Morgan fingerprint density at radius 3 is 2.25 bits per heavy atom. The van der Waals surface area contributed by atoms with Crippen LogP contribution in [0.15, 0.2) is 4.99 Å². The third-order valence-electron chi connectivity index (χ3n) is 0.552. The Morgan fingerprint density at radius 2 is 2.12 bits per heavy atom. The Kier molecular flexibility index (Phi) is 3.14. The standard InChI is InChI=1S/C4H12N4/c1-3(5)8-2-4(6)7/h4H,2,6-7H2,1H3,(H2,5,8). The summed E-state index contributed by atoms with van der Waals surface area (Å²) in [5.41, 5.74) is 15.5. The maximum Gasteiger partial charge on any atom is 0.0906 e. The van der Waals surface area contributed by atoms with Gasteiger partial charge in [0.15, 0.2) is 0 Å². The Hall–Kier alpha value is -0.610. The molecule has 0 rings (SSSR count). The lowest BCUT2D eigenvalue weighted by Crippen LogP contribution is -2.34. The van der Waals surface area contributed by atoms with Gasteiger partial charge in [0.1, 0.15) is 0 Å². The molecule has 0 fully saturated rings. The van der Waals surface area contributed by atoms with Gasteiger partial charge < -0.3 is 17.2 Å². The van der Waals surface area contributed by atoms with Gasteiger partial charge in [0.2, 0.25) is 0 Å². The van der Waals surface area contributed by atoms with E-state index in [9.17, 15) is 0 Å². The van der Waals surface area contributed by atoms with Crippen LogP contribution in [0.4, 0.5) is 0 Å². The third-order valence-corrected chi connectivity index (χ3v) is 0.552. The van der Waals surface area contributed by atoms with Crippen molar-refractivity contribution < 1.29 is 0 Å². The molecule has 0 aromatic rings. The van der Waals surface area contributed by atoms with E-state index in [-0.39, 0.29) is 6.17 Å². The molecule has 48 valence electrons. The monoisotopic (exact) mass is 116 g/mol. The van der Waals surface area contributed by atoms with Crippen LogP contribution in [-0.4, -0.2) is 18.5 Å². The number of nitrogens with zero attached hydrogens (tertiary/aromatic N) is 1. The second-order valence-electron chi connectivity index (χ2n) is 1.65. The van der Waals surface area contributed by atoms with Gasteiger partial charge >= 0.3 is 0 Å². The summed E-state index contributed by atoms with van der Waals surface area (Å²) in [6, 6.07) is 0. The molecular formula is C4H12N4. The fourth-order valence-corrected chi connectivity index (χ4v) is 0.249. The molecule has 0 aliphatic heterocycles. The molecule has 0 atom stereocenters. The highest BCUT2D eigenvalue weighted by Gasteiger charge is 1.87. The number of nitrogens with two attached hydrogens (primary N) is 3. The van der Waals surface area contributed by atoms with Crippen molar-refractivity contribution in [3.05, 3.63) is 0 Å². The van der Waals surface area contributed by atoms with E-state index in [4.69, 9.17) is 17.2 Å². The summed E-state index contributed by atoms with van der Waals surface area (Å²) < 4.78 is 0. The van der Waals surface area contributed by atoms with Crippen molar-refractivity contribution in [1.29, 1.82) is 0 Å². The summed E-state index contributed by atoms with van der Waals surface area (Å²) in [5, 5.41) is 0. The van der Waals surface area contributed by atoms with Crippen LogP contribution in [0.1, 0.15) is 6.92 Å². The zero-order valence-corrected chi connectivity index (χ0v) is 4.96. The van der Waals surface area contributed by atoms with Crippen molar-refractivity contribution in [2.24, 2.45) is 22.2 Å². The van der Waals surface area contributed by atoms with Crippen molar-refractivity contribution >= 4 is 5.84 Å². The fourth-order valence-electron chi connectivity index (χ4n) is 0.249. The zero-order chi connectivity index (χ0) is 6.57. The number of hydrogen-bond acceptors (Lipinski definition) is 3. The minimum atomic E-state index is -0.381. The summed E-state index contributed by atoms with van der Waals surface area (Å²) in [7, 11) is 0. The van der Waals surface area contributed by atoms with Crippen LogP contribution >= 0.6 is 0 Å². The lowest BCUT2D eigenvalue weighted by atomic mass is 10.5. The van der Waals surface area contributed by atoms with E-state index in [1.165, 1.54) is 0 Å². The highest BCUT2D eigenvalue weighted by atomic mass is 14.9. The highest BCUT2D eigenvalue weighted by molar-refractivity contribution is 5.77. The number of rotatable bonds is 2. The summed E-state index contributed by atoms with van der Waals surface area (Å²) in [6.45, 7) is 2.10. The van der Waals surface area contributed by atoms with Gasteiger partial charge in [-0.25, -0.2) is 0 Å². The molecule has 0 saturated carbocycles. The van der Waals surface area contributed by atoms with Gasteiger partial charge in [-0.15, -0.1) is 0 Å². The van der Waals surface area contributed by atoms with Crippen molar-refractivity contribution in [3.8, 4) is 0 Å². The third kappa shape index (κ3) is 5.39. The quantitative estimate of drug-likeness (QED) is 0.235. The summed E-state index contributed by atoms with van der Waals surface area (Å²) in [4.78, 5) is 3.77. The van der Waals surface area contributed by atoms with Gasteiger partial charge in [-0.2, -0.15) is 0 Å². The number of amidine groups is 1. The highest BCUT2D eigenvalue weighted by Crippen LogP contribution is 1.69. The molecule has 0 unspecified atom stereocenters. The van der Waals surface area contributed by atoms with Crippen LogP contribution < -0.4 is 17.2 Å². The van der Waals surface area contributed by atoms with Gasteiger partial charge in [0.05, 0.1) is 18.5 Å². The summed E-state index contributed by atoms with van der Waals surface area (Å²) in [6.07, 6.45) is -0.381. The van der Waals surface area contributed by atoms with E-state index >= 15 is 0 Å². The molecule has 0 radical (unpaired) electrons. The van der Waals surface area contributed by atoms with Crippen molar-refractivity contribution in [2.75, 3.05) is 6.54 Å². The second-order valence-corrected chi connectivity index (χ2v) is 1.65. The lowest BCUT2D eigenvalue weighted by Gasteiger charge is -1.97. The molecule has 0 aromatic carbocycles. The Labute approximate surface area is 48.7 Å². The van der Waals surface area contributed by atoms with Crippen LogP contribution in [0, 0.1) is 0 Å². The largest absolute Gasteiger partial charge is 0.388 e. The van der Waals surface area contributed by atoms with Crippen LogP contribution in [-0.2, 0) is 0 Å². The molecule has 8 heavy (non-hydrogen) atoms.